The molecule has 36 heavy (non-hydrogen) atoms. The van der Waals surface area contributed by atoms with Crippen LogP contribution in [0.4, 0.5) is 5.69 Å². The highest BCUT2D eigenvalue weighted by atomic mass is 15.3. The molecule has 0 unspecified atom stereocenters. The number of piperazine rings is 1. The van der Waals surface area contributed by atoms with Crippen molar-refractivity contribution in [2.45, 2.75) is 48.1 Å². The molecule has 1 aromatic heterocycles. The summed E-state index contributed by atoms with van der Waals surface area (Å²) in [6.45, 7) is 17.0. The number of nitrogens with one attached hydrogen (secondary N) is 1. The fourth-order valence-corrected chi connectivity index (χ4v) is 4.13. The highest BCUT2D eigenvalue weighted by Crippen LogP contribution is 2.30. The van der Waals surface area contributed by atoms with Crippen molar-refractivity contribution in [1.29, 1.82) is 0 Å². The van der Waals surface area contributed by atoms with E-state index in [4.69, 9.17) is 4.98 Å². The minimum Gasteiger partial charge on any atom is -0.369 e. The Labute approximate surface area is 220 Å². The lowest BCUT2D eigenvalue weighted by atomic mass is 10.1. The predicted octanol–water partition coefficient (Wildman–Crippen LogP) is 8.39. The van der Waals surface area contributed by atoms with Crippen LogP contribution in [0.3, 0.4) is 0 Å². The van der Waals surface area contributed by atoms with Crippen molar-refractivity contribution in [3.8, 4) is 22.5 Å². The smallest absolute Gasteiger partial charge is 0.121 e. The first-order valence-electron chi connectivity index (χ1n) is 13.6. The molecule has 1 fully saturated rings. The lowest BCUT2D eigenvalue weighted by molar-refractivity contribution is 0.245. The number of anilines is 1. The topological polar surface area (TPSA) is 35.2 Å². The average molecular weight is 487 g/mol. The lowest BCUT2D eigenvalue weighted by Gasteiger charge is -2.35. The molecule has 0 amide bonds. The fourth-order valence-electron chi connectivity index (χ4n) is 4.13. The first-order chi connectivity index (χ1) is 17.9. The van der Waals surface area contributed by atoms with Crippen LogP contribution >= 0.6 is 0 Å². The maximum absolute atomic E-state index is 5.02. The van der Waals surface area contributed by atoms with Crippen LogP contribution < -0.4 is 4.90 Å². The summed E-state index contributed by atoms with van der Waals surface area (Å²) in [4.78, 5) is 13.6. The van der Waals surface area contributed by atoms with Gasteiger partial charge in [0.15, 0.2) is 0 Å². The minimum atomic E-state index is 0. The first-order valence-corrected chi connectivity index (χ1v) is 13.6. The number of H-pyrrole nitrogens is 1. The van der Waals surface area contributed by atoms with Crippen molar-refractivity contribution >= 4 is 5.69 Å². The molecular formula is C32H46N4. The molecule has 0 bridgehead atoms. The number of benzene rings is 3. The highest BCUT2D eigenvalue weighted by Gasteiger charge is 2.20. The molecule has 1 aliphatic rings. The second kappa shape index (κ2) is 16.3. The SMILES string of the molecule is CC.CC.CC.[HH].c1ccc(-c2nc(CN3CCN(c4ccccc4)CC3)[nH]c2-c2ccccc2)cc1. The Balaban J connectivity index is 0.000000914. The van der Waals surface area contributed by atoms with Crippen LogP contribution in [0.15, 0.2) is 91.0 Å². The van der Waals surface area contributed by atoms with Gasteiger partial charge in [0.05, 0.1) is 17.9 Å². The number of imidazole rings is 1. The molecule has 4 heteroatoms. The van der Waals surface area contributed by atoms with Crippen molar-refractivity contribution < 1.29 is 1.43 Å². The van der Waals surface area contributed by atoms with Gasteiger partial charge in [-0.2, -0.15) is 0 Å². The van der Waals surface area contributed by atoms with E-state index >= 15 is 0 Å². The zero-order valence-electron chi connectivity index (χ0n) is 23.0. The molecule has 2 heterocycles. The predicted molar refractivity (Wildman–Crippen MR) is 160 cm³/mol. The second-order valence-electron chi connectivity index (χ2n) is 7.74. The molecule has 5 rings (SSSR count). The summed E-state index contributed by atoms with van der Waals surface area (Å²) >= 11 is 0. The van der Waals surface area contributed by atoms with Crippen LogP contribution in [-0.2, 0) is 6.54 Å². The Morgan fingerprint density at radius 3 is 1.64 bits per heavy atom. The number of hydrogen-bond acceptors (Lipinski definition) is 3. The molecule has 0 radical (unpaired) electrons. The standard InChI is InChI=1S/C26H26N4.3C2H6.H2/c1-4-10-21(11-5-1)25-26(22-12-6-2-7-13-22)28-24(27-25)20-29-16-18-30(19-17-29)23-14-8-3-9-15-23;3*1-2;/h1-15H,16-20H2,(H,27,28);3*1-2H3;1H. The molecule has 0 spiro atoms. The molecule has 1 aliphatic heterocycles. The quantitative estimate of drug-likeness (QED) is 0.308. The Bertz CT molecular complexity index is 1020. The van der Waals surface area contributed by atoms with Gasteiger partial charge in [-0.25, -0.2) is 4.98 Å². The van der Waals surface area contributed by atoms with E-state index in [1.54, 1.807) is 0 Å². The van der Waals surface area contributed by atoms with Gasteiger partial charge in [-0.15, -0.1) is 0 Å². The van der Waals surface area contributed by atoms with Gasteiger partial charge >= 0.3 is 0 Å². The number of nitrogens with zero attached hydrogens (tertiary/aromatic N) is 3. The lowest BCUT2D eigenvalue weighted by Crippen LogP contribution is -2.46. The van der Waals surface area contributed by atoms with Gasteiger partial charge < -0.3 is 9.88 Å². The summed E-state index contributed by atoms with van der Waals surface area (Å²) in [5, 5.41) is 0. The number of para-hydroxylation sites is 1. The van der Waals surface area contributed by atoms with Gasteiger partial charge in [-0.1, -0.05) is 120 Å². The van der Waals surface area contributed by atoms with E-state index in [-0.39, 0.29) is 1.43 Å². The van der Waals surface area contributed by atoms with Crippen LogP contribution in [0, 0.1) is 0 Å². The monoisotopic (exact) mass is 486 g/mol. The maximum atomic E-state index is 5.02. The Morgan fingerprint density at radius 2 is 1.11 bits per heavy atom. The molecule has 4 nitrogen and oxygen atoms in total. The number of rotatable bonds is 5. The van der Waals surface area contributed by atoms with E-state index in [1.807, 2.05) is 47.6 Å². The van der Waals surface area contributed by atoms with E-state index in [2.05, 4.69) is 99.7 Å². The van der Waals surface area contributed by atoms with E-state index in [1.165, 1.54) is 11.3 Å². The molecule has 1 saturated heterocycles. The average Bonchev–Trinajstić information content (AvgIpc) is 3.42. The molecule has 0 atom stereocenters. The number of aromatic nitrogens is 2. The summed E-state index contributed by atoms with van der Waals surface area (Å²) < 4.78 is 0. The van der Waals surface area contributed by atoms with E-state index in [9.17, 15) is 0 Å². The van der Waals surface area contributed by atoms with Crippen LogP contribution in [-0.4, -0.2) is 41.0 Å². The second-order valence-corrected chi connectivity index (χ2v) is 7.74. The van der Waals surface area contributed by atoms with Crippen LogP contribution in [0.2, 0.25) is 0 Å². The van der Waals surface area contributed by atoms with Gasteiger partial charge in [0.25, 0.3) is 0 Å². The zero-order chi connectivity index (χ0) is 26.2. The van der Waals surface area contributed by atoms with Gasteiger partial charge in [0.2, 0.25) is 0 Å². The molecule has 0 aliphatic carbocycles. The normalized spacial score (nSPS) is 12.8. The molecular weight excluding hydrogens is 440 g/mol. The molecule has 4 aromatic rings. The number of aromatic amines is 1. The highest BCUT2D eigenvalue weighted by molar-refractivity contribution is 5.78. The van der Waals surface area contributed by atoms with Crippen LogP contribution in [0.25, 0.3) is 22.5 Å². The maximum Gasteiger partial charge on any atom is 0.121 e. The summed E-state index contributed by atoms with van der Waals surface area (Å²) in [5.41, 5.74) is 5.75. The largest absolute Gasteiger partial charge is 0.369 e. The van der Waals surface area contributed by atoms with Crippen LogP contribution in [0.5, 0.6) is 0 Å². The van der Waals surface area contributed by atoms with Crippen molar-refractivity contribution in [3.05, 3.63) is 96.8 Å². The minimum absolute atomic E-state index is 0. The zero-order valence-corrected chi connectivity index (χ0v) is 23.0. The van der Waals surface area contributed by atoms with Gasteiger partial charge in [-0.05, 0) is 12.1 Å². The van der Waals surface area contributed by atoms with Crippen molar-refractivity contribution in [3.63, 3.8) is 0 Å². The van der Waals surface area contributed by atoms with Gasteiger partial charge in [-0.3, -0.25) is 4.90 Å². The summed E-state index contributed by atoms with van der Waals surface area (Å²) in [5.74, 6) is 1.03. The van der Waals surface area contributed by atoms with E-state index in [0.717, 1.165) is 55.5 Å². The molecule has 3 aromatic carbocycles. The van der Waals surface area contributed by atoms with Crippen LogP contribution in [0.1, 0.15) is 48.8 Å². The van der Waals surface area contributed by atoms with Gasteiger partial charge in [0.1, 0.15) is 5.82 Å². The Hall–Kier alpha value is -3.37. The van der Waals surface area contributed by atoms with Crippen molar-refractivity contribution in [2.75, 3.05) is 31.1 Å². The summed E-state index contributed by atoms with van der Waals surface area (Å²) in [7, 11) is 0. The van der Waals surface area contributed by atoms with E-state index < -0.39 is 0 Å². The van der Waals surface area contributed by atoms with E-state index in [0.29, 0.717) is 0 Å². The third-order valence-corrected chi connectivity index (χ3v) is 5.73. The number of hydrogen-bond donors (Lipinski definition) is 1. The third kappa shape index (κ3) is 7.82. The summed E-state index contributed by atoms with van der Waals surface area (Å²) in [6.07, 6.45) is 0. The van der Waals surface area contributed by atoms with Gasteiger partial charge in [0, 0.05) is 44.4 Å². The fraction of sp³-hybridized carbons (Fsp3) is 0.344. The first kappa shape index (κ1) is 28.9. The van der Waals surface area contributed by atoms with Crippen molar-refractivity contribution in [1.82, 2.24) is 14.9 Å². The summed E-state index contributed by atoms with van der Waals surface area (Å²) in [6, 6.07) is 31.6. The molecule has 0 saturated carbocycles. The Morgan fingerprint density at radius 1 is 0.639 bits per heavy atom. The molecule has 1 N–H and O–H groups in total. The van der Waals surface area contributed by atoms with Crippen molar-refractivity contribution in [2.24, 2.45) is 0 Å². The Kier molecular flexibility index (Phi) is 13.1. The molecule has 194 valence electrons. The third-order valence-electron chi connectivity index (χ3n) is 5.73.